The minimum Gasteiger partial charge on any atom is -0.497 e. The van der Waals surface area contributed by atoms with Crippen LogP contribution in [0.1, 0.15) is 50.7 Å². The number of nitrogens with zero attached hydrogens (tertiary/aromatic N) is 8. The summed E-state index contributed by atoms with van der Waals surface area (Å²) in [5.41, 5.74) is 5.98. The van der Waals surface area contributed by atoms with Crippen LogP contribution >= 0.6 is 11.6 Å². The van der Waals surface area contributed by atoms with Gasteiger partial charge in [0.15, 0.2) is 11.6 Å². The highest BCUT2D eigenvalue weighted by atomic mass is 35.5. The quantitative estimate of drug-likeness (QED) is 0.0816. The van der Waals surface area contributed by atoms with Crippen molar-refractivity contribution in [3.8, 4) is 45.3 Å². The molecule has 0 unspecified atom stereocenters. The summed E-state index contributed by atoms with van der Waals surface area (Å²) in [4.78, 5) is 25.3. The summed E-state index contributed by atoms with van der Waals surface area (Å²) in [6.07, 6.45) is 11.0. The van der Waals surface area contributed by atoms with Gasteiger partial charge in [-0.25, -0.2) is 34.3 Å². The Hall–Kier alpha value is -6.02. The highest BCUT2D eigenvalue weighted by Crippen LogP contribution is 2.34. The Morgan fingerprint density at radius 2 is 0.969 bits per heavy atom. The lowest BCUT2D eigenvalue weighted by molar-refractivity contribution is 0.182. The van der Waals surface area contributed by atoms with Crippen LogP contribution in [0.15, 0.2) is 110 Å². The van der Waals surface area contributed by atoms with Crippen molar-refractivity contribution in [1.82, 2.24) is 29.7 Å². The molecule has 0 spiro atoms. The van der Waals surface area contributed by atoms with Gasteiger partial charge in [-0.15, -0.1) is 0 Å². The van der Waals surface area contributed by atoms with Crippen molar-refractivity contribution in [3.63, 3.8) is 0 Å². The van der Waals surface area contributed by atoms with E-state index in [0.717, 1.165) is 103 Å². The van der Waals surface area contributed by atoms with E-state index in [1.807, 2.05) is 105 Å². The molecule has 2 aliphatic rings. The number of likely N-dealkylation sites (tertiary alicyclic amines) is 2. The standard InChI is InChI=1S/C50H56ClFN8O4/c1-5-63-47-27-35(7-17-45(47)51)33-57-23-19-41(20-24-57)59(49-53-29-39(30-54-49)37-9-13-43(61-3)14-10-37)60(50-55-31-40(32-56-50)38-11-15-44(62-4)16-12-38)42-21-25-58(26-22-42)34-36-8-18-46(52)48(28-36)64-6-2/h7-18,27-32,41-42H,5-6,19-26,33-34H2,1-4H3. The number of hydrazine groups is 1. The average molecular weight is 888 g/mol. The van der Waals surface area contributed by atoms with E-state index in [2.05, 4.69) is 32.0 Å². The highest BCUT2D eigenvalue weighted by molar-refractivity contribution is 6.32. The molecule has 12 nitrogen and oxygen atoms in total. The largest absolute Gasteiger partial charge is 0.497 e. The van der Waals surface area contributed by atoms with Crippen molar-refractivity contribution in [2.45, 2.75) is 64.7 Å². The maximum Gasteiger partial charge on any atom is 0.244 e. The lowest BCUT2D eigenvalue weighted by Crippen LogP contribution is -2.59. The first-order valence-corrected chi connectivity index (χ1v) is 22.5. The molecule has 0 radical (unpaired) electrons. The predicted octanol–water partition coefficient (Wildman–Crippen LogP) is 9.76. The molecule has 14 heteroatoms. The topological polar surface area (TPSA) is 101 Å². The van der Waals surface area contributed by atoms with Crippen molar-refractivity contribution in [1.29, 1.82) is 0 Å². The van der Waals surface area contributed by atoms with Gasteiger partial charge in [0.1, 0.15) is 17.2 Å². The second-order valence-electron chi connectivity index (χ2n) is 16.1. The molecule has 4 heterocycles. The molecule has 64 heavy (non-hydrogen) atoms. The van der Waals surface area contributed by atoms with Crippen molar-refractivity contribution in [3.05, 3.63) is 132 Å². The van der Waals surface area contributed by atoms with Gasteiger partial charge in [-0.1, -0.05) is 48.0 Å². The Morgan fingerprint density at radius 3 is 1.39 bits per heavy atom. The Morgan fingerprint density at radius 1 is 0.562 bits per heavy atom. The van der Waals surface area contributed by atoms with Crippen molar-refractivity contribution < 1.29 is 23.3 Å². The first-order chi connectivity index (χ1) is 31.3. The molecule has 0 saturated carbocycles. The molecule has 0 aliphatic carbocycles. The third kappa shape index (κ3) is 10.7. The second-order valence-corrected chi connectivity index (χ2v) is 16.5. The number of benzene rings is 4. The molecule has 6 aromatic rings. The van der Waals surface area contributed by atoms with Gasteiger partial charge in [0.25, 0.3) is 0 Å². The third-order valence-electron chi connectivity index (χ3n) is 12.0. The van der Waals surface area contributed by atoms with Crippen LogP contribution in [0.2, 0.25) is 5.02 Å². The molecule has 0 N–H and O–H groups in total. The first-order valence-electron chi connectivity index (χ1n) is 22.1. The van der Waals surface area contributed by atoms with Gasteiger partial charge in [0.05, 0.1) is 44.5 Å². The molecule has 2 aliphatic heterocycles. The fourth-order valence-electron chi connectivity index (χ4n) is 8.60. The predicted molar refractivity (Wildman–Crippen MR) is 250 cm³/mol. The number of ether oxygens (including phenoxy) is 4. The minimum atomic E-state index is -0.344. The van der Waals surface area contributed by atoms with Crippen LogP contribution in [0.3, 0.4) is 0 Å². The monoisotopic (exact) mass is 886 g/mol. The number of aromatic nitrogens is 4. The van der Waals surface area contributed by atoms with Crippen LogP contribution in [-0.2, 0) is 13.1 Å². The molecule has 4 aromatic carbocycles. The smallest absolute Gasteiger partial charge is 0.244 e. The molecule has 0 bridgehead atoms. The van der Waals surface area contributed by atoms with Crippen LogP contribution < -0.4 is 29.0 Å². The maximum absolute atomic E-state index is 14.5. The fraction of sp³-hybridized carbons (Fsp3) is 0.360. The average Bonchev–Trinajstić information content (AvgIpc) is 3.34. The van der Waals surface area contributed by atoms with Crippen molar-refractivity contribution in [2.75, 3.05) is 63.6 Å². The molecule has 2 aromatic heterocycles. The number of methoxy groups -OCH3 is 2. The normalized spacial score (nSPS) is 15.2. The molecular formula is C50H56ClFN8O4. The third-order valence-corrected chi connectivity index (χ3v) is 12.3. The van der Waals surface area contributed by atoms with E-state index in [-0.39, 0.29) is 17.9 Å². The van der Waals surface area contributed by atoms with Gasteiger partial charge in [0.2, 0.25) is 11.9 Å². The van der Waals surface area contributed by atoms with Crippen LogP contribution in [0, 0.1) is 5.82 Å². The van der Waals surface area contributed by atoms with Crippen LogP contribution in [0.25, 0.3) is 22.3 Å². The summed E-state index contributed by atoms with van der Waals surface area (Å²) >= 11 is 6.45. The van der Waals surface area contributed by atoms with Gasteiger partial charge in [-0.3, -0.25) is 9.80 Å². The van der Waals surface area contributed by atoms with Gasteiger partial charge in [0, 0.05) is 75.2 Å². The SMILES string of the molecule is CCOc1cc(CN2CCC(N(c3ncc(-c4ccc(OC)cc4)cn3)N(c3ncc(-c4ccc(OC)cc4)cn3)C3CCN(Cc4ccc(Cl)c(OCC)c4)CC3)CC2)ccc1F. The fourth-order valence-corrected chi connectivity index (χ4v) is 8.77. The first kappa shape index (κ1) is 44.6. The Balaban J connectivity index is 1.11. The number of hydrogen-bond acceptors (Lipinski definition) is 12. The maximum atomic E-state index is 14.5. The zero-order valence-electron chi connectivity index (χ0n) is 37.0. The van der Waals surface area contributed by atoms with E-state index < -0.39 is 0 Å². The zero-order chi connectivity index (χ0) is 44.4. The summed E-state index contributed by atoms with van der Waals surface area (Å²) < 4.78 is 36.7. The van der Waals surface area contributed by atoms with Crippen LogP contribution in [-0.4, -0.2) is 95.4 Å². The van der Waals surface area contributed by atoms with E-state index >= 15 is 0 Å². The summed E-state index contributed by atoms with van der Waals surface area (Å²) in [6.45, 7) is 9.65. The van der Waals surface area contributed by atoms with Gasteiger partial charge in [-0.05, 0) is 110 Å². The molecular weight excluding hydrogens is 831 g/mol. The molecule has 0 atom stereocenters. The molecule has 2 fully saturated rings. The van der Waals surface area contributed by atoms with Gasteiger partial charge < -0.3 is 18.9 Å². The summed E-state index contributed by atoms with van der Waals surface area (Å²) in [5, 5.41) is 5.17. The van der Waals surface area contributed by atoms with Crippen LogP contribution in [0.5, 0.6) is 23.0 Å². The second kappa shape index (κ2) is 21.1. The van der Waals surface area contributed by atoms with Crippen LogP contribution in [0.4, 0.5) is 16.3 Å². The van der Waals surface area contributed by atoms with Crippen molar-refractivity contribution in [2.24, 2.45) is 0 Å². The summed E-state index contributed by atoms with van der Waals surface area (Å²) in [6, 6.07) is 27.1. The molecule has 8 rings (SSSR count). The number of halogens is 2. The minimum absolute atomic E-state index is 0.0317. The highest BCUT2D eigenvalue weighted by Gasteiger charge is 2.37. The molecule has 0 amide bonds. The Bertz CT molecular complexity index is 2240. The summed E-state index contributed by atoms with van der Waals surface area (Å²) in [7, 11) is 3.33. The zero-order valence-corrected chi connectivity index (χ0v) is 37.8. The van der Waals surface area contributed by atoms with E-state index in [4.69, 9.17) is 50.5 Å². The number of hydrogen-bond donors (Lipinski definition) is 0. The van der Waals surface area contributed by atoms with Crippen molar-refractivity contribution >= 4 is 23.5 Å². The molecule has 334 valence electrons. The number of rotatable bonds is 17. The van der Waals surface area contributed by atoms with Gasteiger partial charge >= 0.3 is 0 Å². The summed E-state index contributed by atoms with van der Waals surface area (Å²) in [5.74, 6) is 3.42. The lowest BCUT2D eigenvalue weighted by Gasteiger charge is -2.48. The van der Waals surface area contributed by atoms with E-state index in [1.165, 1.54) is 6.07 Å². The number of anilines is 2. The van der Waals surface area contributed by atoms with Gasteiger partial charge in [-0.2, -0.15) is 0 Å². The van der Waals surface area contributed by atoms with E-state index in [9.17, 15) is 4.39 Å². The number of piperidine rings is 2. The Kier molecular flexibility index (Phi) is 14.7. The molecule has 2 saturated heterocycles. The lowest BCUT2D eigenvalue weighted by atomic mass is 10.0. The van der Waals surface area contributed by atoms with E-state index in [1.54, 1.807) is 14.2 Å². The Labute approximate surface area is 380 Å². The van der Waals surface area contributed by atoms with E-state index in [0.29, 0.717) is 48.2 Å².